The number of benzene rings is 1. The molecule has 172 valence electrons. The summed E-state index contributed by atoms with van der Waals surface area (Å²) in [6.45, 7) is 6.21. The predicted molar refractivity (Wildman–Crippen MR) is 122 cm³/mol. The highest BCUT2D eigenvalue weighted by Gasteiger charge is 2.25. The molecule has 0 atom stereocenters. The van der Waals surface area contributed by atoms with Crippen LogP contribution in [0.4, 0.5) is 0 Å². The van der Waals surface area contributed by atoms with E-state index in [4.69, 9.17) is 0 Å². The lowest BCUT2D eigenvalue weighted by molar-refractivity contribution is 0.0684. The number of piperidine rings is 1. The van der Waals surface area contributed by atoms with Crippen LogP contribution in [0.2, 0.25) is 0 Å². The second kappa shape index (κ2) is 10.7. The maximum absolute atomic E-state index is 12.6. The van der Waals surface area contributed by atoms with Gasteiger partial charge in [-0.05, 0) is 55.2 Å². The van der Waals surface area contributed by atoms with E-state index in [2.05, 4.69) is 10.3 Å². The van der Waals surface area contributed by atoms with E-state index in [1.807, 2.05) is 4.90 Å². The van der Waals surface area contributed by atoms with E-state index in [0.29, 0.717) is 49.8 Å². The van der Waals surface area contributed by atoms with E-state index in [-0.39, 0.29) is 16.7 Å². The molecule has 1 saturated heterocycles. The molecular formula is C23H30N4O4S. The molecule has 9 heteroatoms. The molecule has 0 bridgehead atoms. The molecule has 2 heterocycles. The van der Waals surface area contributed by atoms with Crippen LogP contribution >= 0.6 is 0 Å². The monoisotopic (exact) mass is 458 g/mol. The summed E-state index contributed by atoms with van der Waals surface area (Å²) in [5, 5.41) is 2.94. The predicted octanol–water partition coefficient (Wildman–Crippen LogP) is 2.39. The van der Waals surface area contributed by atoms with Crippen LogP contribution in [-0.2, 0) is 10.0 Å². The Labute approximate surface area is 189 Å². The van der Waals surface area contributed by atoms with Gasteiger partial charge in [-0.25, -0.2) is 8.42 Å². The van der Waals surface area contributed by atoms with Crippen molar-refractivity contribution >= 4 is 21.8 Å². The minimum atomic E-state index is -3.54. The number of carbonyl (C=O) groups excluding carboxylic acids is 2. The molecule has 3 rings (SSSR count). The Morgan fingerprint density at radius 3 is 2.16 bits per heavy atom. The molecular weight excluding hydrogens is 428 g/mol. The van der Waals surface area contributed by atoms with Gasteiger partial charge < -0.3 is 10.2 Å². The molecule has 1 N–H and O–H groups in total. The summed E-state index contributed by atoms with van der Waals surface area (Å²) in [6, 6.07) is 9.47. The highest BCUT2D eigenvalue weighted by atomic mass is 32.2. The highest BCUT2D eigenvalue weighted by molar-refractivity contribution is 7.89. The molecule has 2 amide bonds. The van der Waals surface area contributed by atoms with Crippen LogP contribution in [0.5, 0.6) is 0 Å². The van der Waals surface area contributed by atoms with Crippen molar-refractivity contribution in [3.63, 3.8) is 0 Å². The van der Waals surface area contributed by atoms with Gasteiger partial charge in [0.2, 0.25) is 10.0 Å². The van der Waals surface area contributed by atoms with E-state index >= 15 is 0 Å². The van der Waals surface area contributed by atoms with Crippen molar-refractivity contribution in [2.75, 3.05) is 32.7 Å². The number of likely N-dealkylation sites (tertiary alicyclic amines) is 1. The third-order valence-electron chi connectivity index (χ3n) is 5.84. The number of nitrogens with one attached hydrogen (secondary N) is 1. The quantitative estimate of drug-likeness (QED) is 0.655. The Hall–Kier alpha value is -2.78. The molecule has 1 aromatic heterocycles. The van der Waals surface area contributed by atoms with E-state index in [9.17, 15) is 18.0 Å². The summed E-state index contributed by atoms with van der Waals surface area (Å²) < 4.78 is 26.5. The van der Waals surface area contributed by atoms with E-state index in [1.54, 1.807) is 50.5 Å². The number of pyridine rings is 1. The van der Waals surface area contributed by atoms with Crippen LogP contribution in [0, 0.1) is 5.92 Å². The normalized spacial score (nSPS) is 15.0. The van der Waals surface area contributed by atoms with Gasteiger partial charge in [0.15, 0.2) is 0 Å². The molecule has 0 spiro atoms. The zero-order chi connectivity index (χ0) is 23.1. The van der Waals surface area contributed by atoms with Gasteiger partial charge in [-0.15, -0.1) is 0 Å². The molecule has 0 unspecified atom stereocenters. The van der Waals surface area contributed by atoms with Gasteiger partial charge in [0.1, 0.15) is 0 Å². The number of rotatable bonds is 8. The molecule has 1 fully saturated rings. The van der Waals surface area contributed by atoms with Gasteiger partial charge in [0.05, 0.1) is 4.90 Å². The maximum atomic E-state index is 12.6. The average Bonchev–Trinajstić information content (AvgIpc) is 2.83. The van der Waals surface area contributed by atoms with Crippen LogP contribution in [0.3, 0.4) is 0 Å². The number of nitrogens with zero attached hydrogens (tertiary/aromatic N) is 3. The summed E-state index contributed by atoms with van der Waals surface area (Å²) in [5.41, 5.74) is 1.06. The fourth-order valence-electron chi connectivity index (χ4n) is 3.85. The maximum Gasteiger partial charge on any atom is 0.253 e. The summed E-state index contributed by atoms with van der Waals surface area (Å²) in [7, 11) is -3.54. The zero-order valence-corrected chi connectivity index (χ0v) is 19.3. The van der Waals surface area contributed by atoms with Crippen molar-refractivity contribution in [3.8, 4) is 0 Å². The van der Waals surface area contributed by atoms with Gasteiger partial charge in [0.25, 0.3) is 11.8 Å². The molecule has 0 aliphatic carbocycles. The average molecular weight is 459 g/mol. The summed E-state index contributed by atoms with van der Waals surface area (Å²) in [5.74, 6) is 0.0736. The van der Waals surface area contributed by atoms with Gasteiger partial charge in [-0.3, -0.25) is 14.6 Å². The molecule has 0 saturated carbocycles. The number of carbonyl (C=O) groups is 2. The lowest BCUT2D eigenvalue weighted by atomic mass is 9.96. The van der Waals surface area contributed by atoms with E-state index < -0.39 is 10.0 Å². The zero-order valence-electron chi connectivity index (χ0n) is 18.5. The first-order valence-electron chi connectivity index (χ1n) is 10.9. The molecule has 8 nitrogen and oxygen atoms in total. The minimum Gasteiger partial charge on any atom is -0.352 e. The van der Waals surface area contributed by atoms with Crippen molar-refractivity contribution in [3.05, 3.63) is 59.9 Å². The number of aromatic nitrogens is 1. The Morgan fingerprint density at radius 1 is 1.00 bits per heavy atom. The summed E-state index contributed by atoms with van der Waals surface area (Å²) in [6.07, 6.45) is 4.86. The summed E-state index contributed by atoms with van der Waals surface area (Å²) >= 11 is 0. The molecule has 1 aromatic carbocycles. The smallest absolute Gasteiger partial charge is 0.253 e. The topological polar surface area (TPSA) is 99.7 Å². The number of hydrogen-bond acceptors (Lipinski definition) is 5. The molecule has 32 heavy (non-hydrogen) atoms. The van der Waals surface area contributed by atoms with Crippen LogP contribution in [0.1, 0.15) is 47.4 Å². The third-order valence-corrected chi connectivity index (χ3v) is 7.90. The van der Waals surface area contributed by atoms with E-state index in [1.165, 1.54) is 16.4 Å². The highest BCUT2D eigenvalue weighted by Crippen LogP contribution is 2.19. The SMILES string of the molecule is CCN(CC)S(=O)(=O)c1ccc(C(=O)NCC2CCN(C(=O)c3ccncc3)CC2)cc1. The van der Waals surface area contributed by atoms with Crippen LogP contribution in [-0.4, -0.2) is 67.1 Å². The second-order valence-electron chi connectivity index (χ2n) is 7.80. The van der Waals surface area contributed by atoms with Gasteiger partial charge in [-0.1, -0.05) is 13.8 Å². The van der Waals surface area contributed by atoms with Crippen molar-refractivity contribution < 1.29 is 18.0 Å². The van der Waals surface area contributed by atoms with Crippen molar-refractivity contribution in [2.45, 2.75) is 31.6 Å². The Balaban J connectivity index is 1.50. The van der Waals surface area contributed by atoms with Crippen LogP contribution in [0.25, 0.3) is 0 Å². The first-order valence-corrected chi connectivity index (χ1v) is 12.4. The van der Waals surface area contributed by atoms with Gasteiger partial charge in [0, 0.05) is 56.2 Å². The molecule has 1 aliphatic heterocycles. The van der Waals surface area contributed by atoms with Gasteiger partial charge >= 0.3 is 0 Å². The number of hydrogen-bond donors (Lipinski definition) is 1. The van der Waals surface area contributed by atoms with Crippen LogP contribution < -0.4 is 5.32 Å². The van der Waals surface area contributed by atoms with Crippen molar-refractivity contribution in [1.29, 1.82) is 0 Å². The number of sulfonamides is 1. The summed E-state index contributed by atoms with van der Waals surface area (Å²) in [4.78, 5) is 31.0. The first kappa shape index (κ1) is 23.9. The van der Waals surface area contributed by atoms with Crippen molar-refractivity contribution in [1.82, 2.24) is 19.5 Å². The van der Waals surface area contributed by atoms with Crippen LogP contribution in [0.15, 0.2) is 53.7 Å². The van der Waals surface area contributed by atoms with E-state index in [0.717, 1.165) is 12.8 Å². The molecule has 0 radical (unpaired) electrons. The van der Waals surface area contributed by atoms with Gasteiger partial charge in [-0.2, -0.15) is 4.31 Å². The fourth-order valence-corrected chi connectivity index (χ4v) is 5.31. The standard InChI is InChI=1S/C23H30N4O4S/c1-3-27(4-2)32(30,31)21-7-5-19(6-8-21)22(28)25-17-18-11-15-26(16-12-18)23(29)20-9-13-24-14-10-20/h5-10,13-14,18H,3-4,11-12,15-17H2,1-2H3,(H,25,28). The largest absolute Gasteiger partial charge is 0.352 e. The first-order chi connectivity index (χ1) is 15.4. The van der Waals surface area contributed by atoms with Crippen molar-refractivity contribution in [2.24, 2.45) is 5.92 Å². The third kappa shape index (κ3) is 5.52. The fraction of sp³-hybridized carbons (Fsp3) is 0.435. The Kier molecular flexibility index (Phi) is 7.98. The number of amides is 2. The second-order valence-corrected chi connectivity index (χ2v) is 9.73. The minimum absolute atomic E-state index is 0.00893. The molecule has 2 aromatic rings. The lowest BCUT2D eigenvalue weighted by Crippen LogP contribution is -2.41. The molecule has 1 aliphatic rings. The lowest BCUT2D eigenvalue weighted by Gasteiger charge is -2.32. The Bertz CT molecular complexity index is 1010. The Morgan fingerprint density at radius 2 is 1.59 bits per heavy atom.